The molecule has 1 amide bonds. The van der Waals surface area contributed by atoms with Crippen LogP contribution in [0, 0.1) is 5.82 Å². The van der Waals surface area contributed by atoms with Crippen LogP contribution in [0.25, 0.3) is 0 Å². The Kier molecular flexibility index (Phi) is 4.74. The maximum absolute atomic E-state index is 13.0. The molecule has 0 spiro atoms. The zero-order valence-electron chi connectivity index (χ0n) is 10.8. The molecule has 1 N–H and O–H groups in total. The van der Waals surface area contributed by atoms with Gasteiger partial charge in [-0.2, -0.15) is 0 Å². The highest BCUT2D eigenvalue weighted by Gasteiger charge is 2.13. The van der Waals surface area contributed by atoms with Crippen LogP contribution in [0.1, 0.15) is 17.3 Å². The lowest BCUT2D eigenvalue weighted by atomic mass is 10.2. The lowest BCUT2D eigenvalue weighted by Crippen LogP contribution is -2.13. The third-order valence-electron chi connectivity index (χ3n) is 2.61. The molecule has 2 aromatic rings. The van der Waals surface area contributed by atoms with Gasteiger partial charge in [0.25, 0.3) is 5.91 Å². The van der Waals surface area contributed by atoms with Crippen LogP contribution in [-0.2, 0) is 0 Å². The predicted molar refractivity (Wildman–Crippen MR) is 79.7 cm³/mol. The van der Waals surface area contributed by atoms with Crippen LogP contribution in [-0.4, -0.2) is 12.5 Å². The number of para-hydroxylation sites is 2. The maximum Gasteiger partial charge on any atom is 0.256 e. The van der Waals surface area contributed by atoms with E-state index in [-0.39, 0.29) is 5.91 Å². The van der Waals surface area contributed by atoms with Gasteiger partial charge in [0.2, 0.25) is 0 Å². The van der Waals surface area contributed by atoms with Gasteiger partial charge in [-0.1, -0.05) is 12.1 Å². The molecule has 0 fully saturated rings. The van der Waals surface area contributed by atoms with E-state index < -0.39 is 5.82 Å². The smallest absolute Gasteiger partial charge is 0.256 e. The number of nitrogens with one attached hydrogen (secondary N) is 1. The Labute approximate surface area is 124 Å². The van der Waals surface area contributed by atoms with E-state index in [1.807, 2.05) is 13.0 Å². The van der Waals surface area contributed by atoms with Crippen LogP contribution in [0.5, 0.6) is 5.75 Å². The fourth-order valence-corrected chi connectivity index (χ4v) is 2.25. The number of benzene rings is 2. The van der Waals surface area contributed by atoms with Crippen molar-refractivity contribution in [2.24, 2.45) is 0 Å². The summed E-state index contributed by atoms with van der Waals surface area (Å²) in [6.07, 6.45) is 0. The summed E-state index contributed by atoms with van der Waals surface area (Å²) in [6.45, 7) is 2.38. The van der Waals surface area contributed by atoms with Gasteiger partial charge in [-0.25, -0.2) is 4.39 Å². The monoisotopic (exact) mass is 337 g/mol. The van der Waals surface area contributed by atoms with Crippen molar-refractivity contribution in [1.29, 1.82) is 0 Å². The van der Waals surface area contributed by atoms with E-state index in [0.29, 0.717) is 28.1 Å². The second kappa shape index (κ2) is 6.52. The van der Waals surface area contributed by atoms with Crippen LogP contribution in [0.4, 0.5) is 10.1 Å². The van der Waals surface area contributed by atoms with E-state index in [9.17, 15) is 9.18 Å². The van der Waals surface area contributed by atoms with Gasteiger partial charge in [0, 0.05) is 4.47 Å². The Balaban J connectivity index is 2.23. The molecule has 0 radical (unpaired) electrons. The number of rotatable bonds is 4. The molecule has 104 valence electrons. The van der Waals surface area contributed by atoms with Crippen LogP contribution < -0.4 is 10.1 Å². The van der Waals surface area contributed by atoms with E-state index in [1.54, 1.807) is 18.2 Å². The summed E-state index contributed by atoms with van der Waals surface area (Å²) in [7, 11) is 0. The third-order valence-corrected chi connectivity index (χ3v) is 3.27. The number of ether oxygens (including phenoxy) is 1. The molecule has 20 heavy (non-hydrogen) atoms. The quantitative estimate of drug-likeness (QED) is 0.906. The van der Waals surface area contributed by atoms with Crippen molar-refractivity contribution >= 4 is 27.5 Å². The maximum atomic E-state index is 13.0. The largest absolute Gasteiger partial charge is 0.492 e. The number of hydrogen-bond acceptors (Lipinski definition) is 2. The minimum atomic E-state index is -0.400. The van der Waals surface area contributed by atoms with Crippen LogP contribution in [0.2, 0.25) is 0 Å². The first kappa shape index (κ1) is 14.5. The summed E-state index contributed by atoms with van der Waals surface area (Å²) in [5.74, 6) is -0.131. The first-order valence-corrected chi connectivity index (χ1v) is 6.89. The molecule has 5 heteroatoms. The Hall–Kier alpha value is -1.88. The summed E-state index contributed by atoms with van der Waals surface area (Å²) >= 11 is 3.18. The predicted octanol–water partition coefficient (Wildman–Crippen LogP) is 4.24. The van der Waals surface area contributed by atoms with E-state index in [1.165, 1.54) is 18.2 Å². The number of carbonyl (C=O) groups excluding carboxylic acids is 1. The highest BCUT2D eigenvalue weighted by molar-refractivity contribution is 9.10. The van der Waals surface area contributed by atoms with Crippen molar-refractivity contribution in [2.45, 2.75) is 6.92 Å². The van der Waals surface area contributed by atoms with Crippen molar-refractivity contribution in [1.82, 2.24) is 0 Å². The van der Waals surface area contributed by atoms with Crippen molar-refractivity contribution in [3.8, 4) is 5.75 Å². The molecule has 0 aromatic heterocycles. The van der Waals surface area contributed by atoms with Gasteiger partial charge in [-0.3, -0.25) is 4.79 Å². The Morgan fingerprint density at radius 3 is 2.75 bits per heavy atom. The molecule has 0 heterocycles. The molecule has 2 rings (SSSR count). The molecule has 0 unspecified atom stereocenters. The topological polar surface area (TPSA) is 38.3 Å². The molecule has 0 aliphatic rings. The number of carbonyl (C=O) groups is 1. The van der Waals surface area contributed by atoms with Crippen LogP contribution in [0.15, 0.2) is 46.9 Å². The van der Waals surface area contributed by atoms with Crippen LogP contribution >= 0.6 is 15.9 Å². The molecular weight excluding hydrogens is 325 g/mol. The highest BCUT2D eigenvalue weighted by atomic mass is 79.9. The van der Waals surface area contributed by atoms with Gasteiger partial charge in [-0.05, 0) is 53.2 Å². The fourth-order valence-electron chi connectivity index (χ4n) is 1.71. The average Bonchev–Trinajstić information content (AvgIpc) is 2.41. The lowest BCUT2D eigenvalue weighted by molar-refractivity contribution is 0.102. The number of hydrogen-bond donors (Lipinski definition) is 1. The number of amides is 1. The second-order valence-electron chi connectivity index (χ2n) is 4.01. The molecular formula is C15H13BrFNO2. The molecule has 0 atom stereocenters. The molecule has 3 nitrogen and oxygen atoms in total. The normalized spacial score (nSPS) is 10.2. The summed E-state index contributed by atoms with van der Waals surface area (Å²) in [4.78, 5) is 12.2. The first-order chi connectivity index (χ1) is 9.61. The summed E-state index contributed by atoms with van der Waals surface area (Å²) in [5, 5.41) is 2.76. The minimum absolute atomic E-state index is 0.330. The summed E-state index contributed by atoms with van der Waals surface area (Å²) < 4.78 is 18.9. The molecule has 0 saturated heterocycles. The van der Waals surface area contributed by atoms with Crippen molar-refractivity contribution in [3.63, 3.8) is 0 Å². The van der Waals surface area contributed by atoms with Crippen molar-refractivity contribution in [2.75, 3.05) is 11.9 Å². The van der Waals surface area contributed by atoms with E-state index in [0.717, 1.165) is 0 Å². The van der Waals surface area contributed by atoms with Crippen molar-refractivity contribution in [3.05, 3.63) is 58.3 Å². The van der Waals surface area contributed by atoms with Gasteiger partial charge in [0.1, 0.15) is 11.6 Å². The lowest BCUT2D eigenvalue weighted by Gasteiger charge is -2.11. The second-order valence-corrected chi connectivity index (χ2v) is 4.86. The summed E-state index contributed by atoms with van der Waals surface area (Å²) in [6, 6.07) is 11.1. The Bertz CT molecular complexity index is 631. The van der Waals surface area contributed by atoms with Gasteiger partial charge in [0.05, 0.1) is 17.9 Å². The van der Waals surface area contributed by atoms with Gasteiger partial charge in [0.15, 0.2) is 0 Å². The number of halogens is 2. The minimum Gasteiger partial charge on any atom is -0.492 e. The standard InChI is InChI=1S/C15H13BrFNO2/c1-2-20-14-6-4-3-5-13(14)18-15(19)11-8-7-10(17)9-12(11)16/h3-9H,2H2,1H3,(H,18,19). The zero-order chi connectivity index (χ0) is 14.5. The van der Waals surface area contributed by atoms with Crippen molar-refractivity contribution < 1.29 is 13.9 Å². The number of anilines is 1. The third kappa shape index (κ3) is 3.36. The highest BCUT2D eigenvalue weighted by Crippen LogP contribution is 2.25. The molecule has 0 saturated carbocycles. The van der Waals surface area contributed by atoms with Gasteiger partial charge >= 0.3 is 0 Å². The fraction of sp³-hybridized carbons (Fsp3) is 0.133. The average molecular weight is 338 g/mol. The molecule has 0 aliphatic heterocycles. The Morgan fingerprint density at radius 2 is 2.05 bits per heavy atom. The molecule has 0 aliphatic carbocycles. The SMILES string of the molecule is CCOc1ccccc1NC(=O)c1ccc(F)cc1Br. The zero-order valence-corrected chi connectivity index (χ0v) is 12.4. The Morgan fingerprint density at radius 1 is 1.30 bits per heavy atom. The molecule has 2 aromatic carbocycles. The van der Waals surface area contributed by atoms with Gasteiger partial charge < -0.3 is 10.1 Å². The first-order valence-electron chi connectivity index (χ1n) is 6.10. The van der Waals surface area contributed by atoms with Crippen LogP contribution in [0.3, 0.4) is 0 Å². The van der Waals surface area contributed by atoms with E-state index in [2.05, 4.69) is 21.2 Å². The van der Waals surface area contributed by atoms with Gasteiger partial charge in [-0.15, -0.1) is 0 Å². The van der Waals surface area contributed by atoms with E-state index in [4.69, 9.17) is 4.74 Å². The van der Waals surface area contributed by atoms with E-state index >= 15 is 0 Å². The molecule has 0 bridgehead atoms. The summed E-state index contributed by atoms with van der Waals surface area (Å²) in [5.41, 5.74) is 0.938.